The molecule has 0 saturated carbocycles. The van der Waals surface area contributed by atoms with Crippen LogP contribution in [0, 0.1) is 0 Å². The monoisotopic (exact) mass is 225 g/mol. The summed E-state index contributed by atoms with van der Waals surface area (Å²) in [7, 11) is 0. The molecular formula is C10H8ClNOS. The van der Waals surface area contributed by atoms with Crippen LogP contribution in [0.3, 0.4) is 0 Å². The van der Waals surface area contributed by atoms with E-state index < -0.39 is 0 Å². The maximum Gasteiger partial charge on any atom is 0.123 e. The fourth-order valence-electron chi connectivity index (χ4n) is 1.14. The largest absolute Gasteiger partial charge is 0.391 e. The number of hydrogen-bond acceptors (Lipinski definition) is 3. The van der Waals surface area contributed by atoms with Crippen molar-refractivity contribution >= 4 is 22.9 Å². The molecule has 1 aromatic carbocycles. The molecule has 0 spiro atoms. The van der Waals surface area contributed by atoms with Crippen molar-refractivity contribution in [1.29, 1.82) is 0 Å². The molecule has 0 fully saturated rings. The third-order valence-electron chi connectivity index (χ3n) is 1.78. The summed E-state index contributed by atoms with van der Waals surface area (Å²) < 4.78 is 0. The van der Waals surface area contributed by atoms with Crippen LogP contribution in [0.15, 0.2) is 30.5 Å². The Morgan fingerprint density at radius 2 is 2.29 bits per heavy atom. The summed E-state index contributed by atoms with van der Waals surface area (Å²) in [5.74, 6) is 0. The average Bonchev–Trinajstić information content (AvgIpc) is 2.66. The number of aliphatic hydroxyl groups is 1. The number of thiazole rings is 1. The molecule has 14 heavy (non-hydrogen) atoms. The first-order valence-electron chi connectivity index (χ1n) is 4.11. The lowest BCUT2D eigenvalue weighted by Gasteiger charge is -1.95. The third-order valence-corrected chi connectivity index (χ3v) is 3.05. The first kappa shape index (κ1) is 9.65. The highest BCUT2D eigenvalue weighted by Crippen LogP contribution is 2.26. The summed E-state index contributed by atoms with van der Waals surface area (Å²) in [6.45, 7) is 0.0399. The van der Waals surface area contributed by atoms with E-state index in [0.717, 1.165) is 15.4 Å². The minimum Gasteiger partial charge on any atom is -0.391 e. The van der Waals surface area contributed by atoms with Crippen molar-refractivity contribution in [3.05, 3.63) is 40.4 Å². The molecule has 0 aliphatic rings. The Kier molecular flexibility index (Phi) is 2.82. The van der Waals surface area contributed by atoms with Gasteiger partial charge in [0.05, 0.1) is 11.5 Å². The van der Waals surface area contributed by atoms with Crippen molar-refractivity contribution < 1.29 is 5.11 Å². The van der Waals surface area contributed by atoms with Gasteiger partial charge in [-0.15, -0.1) is 11.3 Å². The van der Waals surface area contributed by atoms with Crippen molar-refractivity contribution in [1.82, 2.24) is 4.98 Å². The summed E-state index contributed by atoms with van der Waals surface area (Å²) >= 11 is 7.34. The van der Waals surface area contributed by atoms with E-state index in [0.29, 0.717) is 5.02 Å². The number of halogens is 1. The molecule has 2 nitrogen and oxygen atoms in total. The van der Waals surface area contributed by atoms with E-state index in [1.807, 2.05) is 24.3 Å². The van der Waals surface area contributed by atoms with E-state index in [1.54, 1.807) is 6.20 Å². The molecule has 0 atom stereocenters. The number of hydrogen-bond donors (Lipinski definition) is 1. The molecule has 4 heteroatoms. The van der Waals surface area contributed by atoms with Gasteiger partial charge >= 0.3 is 0 Å². The van der Waals surface area contributed by atoms with E-state index in [1.165, 1.54) is 11.3 Å². The van der Waals surface area contributed by atoms with Crippen LogP contribution in [-0.2, 0) is 6.61 Å². The smallest absolute Gasteiger partial charge is 0.123 e. The van der Waals surface area contributed by atoms with Gasteiger partial charge in [0.15, 0.2) is 0 Å². The van der Waals surface area contributed by atoms with Crippen LogP contribution in [0.2, 0.25) is 5.02 Å². The standard InChI is InChI=1S/C10H8ClNOS/c11-8-3-1-2-7(4-8)10-12-5-9(6-13)14-10/h1-5,13H,6H2. The second kappa shape index (κ2) is 4.09. The van der Waals surface area contributed by atoms with Crippen molar-refractivity contribution in [3.8, 4) is 10.6 Å². The Morgan fingerprint density at radius 3 is 2.93 bits per heavy atom. The average molecular weight is 226 g/mol. The van der Waals surface area contributed by atoms with Gasteiger partial charge in [-0.25, -0.2) is 4.98 Å². The van der Waals surface area contributed by atoms with Crippen LogP contribution < -0.4 is 0 Å². The maximum atomic E-state index is 8.90. The minimum absolute atomic E-state index is 0.0399. The normalized spacial score (nSPS) is 10.4. The lowest BCUT2D eigenvalue weighted by atomic mass is 10.2. The van der Waals surface area contributed by atoms with E-state index in [-0.39, 0.29) is 6.61 Å². The molecule has 1 N–H and O–H groups in total. The highest BCUT2D eigenvalue weighted by molar-refractivity contribution is 7.15. The molecular weight excluding hydrogens is 218 g/mol. The highest BCUT2D eigenvalue weighted by Gasteiger charge is 2.03. The van der Waals surface area contributed by atoms with Crippen LogP contribution in [-0.4, -0.2) is 10.1 Å². The summed E-state index contributed by atoms with van der Waals surface area (Å²) in [5, 5.41) is 10.5. The van der Waals surface area contributed by atoms with E-state index >= 15 is 0 Å². The number of aliphatic hydroxyl groups excluding tert-OH is 1. The first-order valence-corrected chi connectivity index (χ1v) is 5.30. The second-order valence-corrected chi connectivity index (χ2v) is 4.35. The fourth-order valence-corrected chi connectivity index (χ4v) is 2.09. The molecule has 0 bridgehead atoms. The van der Waals surface area contributed by atoms with Crippen LogP contribution in [0.5, 0.6) is 0 Å². The molecule has 1 aromatic heterocycles. The lowest BCUT2D eigenvalue weighted by Crippen LogP contribution is -1.73. The highest BCUT2D eigenvalue weighted by atomic mass is 35.5. The summed E-state index contributed by atoms with van der Waals surface area (Å²) in [4.78, 5) is 5.06. The van der Waals surface area contributed by atoms with Crippen molar-refractivity contribution in [3.63, 3.8) is 0 Å². The molecule has 72 valence electrons. The Labute approximate surface area is 90.8 Å². The van der Waals surface area contributed by atoms with Crippen LogP contribution in [0.25, 0.3) is 10.6 Å². The molecule has 2 rings (SSSR count). The van der Waals surface area contributed by atoms with Crippen molar-refractivity contribution in [2.75, 3.05) is 0 Å². The third kappa shape index (κ3) is 1.95. The van der Waals surface area contributed by atoms with E-state index in [4.69, 9.17) is 16.7 Å². The zero-order valence-corrected chi connectivity index (χ0v) is 8.85. The number of aromatic nitrogens is 1. The molecule has 0 aliphatic carbocycles. The van der Waals surface area contributed by atoms with Gasteiger partial charge in [0.2, 0.25) is 0 Å². The Morgan fingerprint density at radius 1 is 1.43 bits per heavy atom. The minimum atomic E-state index is 0.0399. The van der Waals surface area contributed by atoms with Gasteiger partial charge in [-0.1, -0.05) is 23.7 Å². The van der Waals surface area contributed by atoms with E-state index in [2.05, 4.69) is 4.98 Å². The van der Waals surface area contributed by atoms with Crippen LogP contribution >= 0.6 is 22.9 Å². The molecule has 2 aromatic rings. The second-order valence-electron chi connectivity index (χ2n) is 2.80. The zero-order chi connectivity index (χ0) is 9.97. The number of benzene rings is 1. The van der Waals surface area contributed by atoms with Gasteiger partial charge in [-0.05, 0) is 12.1 Å². The SMILES string of the molecule is OCc1cnc(-c2cccc(Cl)c2)s1. The van der Waals surface area contributed by atoms with Gasteiger partial charge < -0.3 is 5.11 Å². The summed E-state index contributed by atoms with van der Waals surface area (Å²) in [6, 6.07) is 7.52. The Bertz CT molecular complexity index is 441. The molecule has 0 unspecified atom stereocenters. The predicted octanol–water partition coefficient (Wildman–Crippen LogP) is 2.96. The van der Waals surface area contributed by atoms with Gasteiger partial charge in [0.25, 0.3) is 0 Å². The summed E-state index contributed by atoms with van der Waals surface area (Å²) in [6.07, 6.45) is 1.68. The molecule has 1 heterocycles. The number of rotatable bonds is 2. The fraction of sp³-hybridized carbons (Fsp3) is 0.100. The van der Waals surface area contributed by atoms with Crippen molar-refractivity contribution in [2.24, 2.45) is 0 Å². The first-order chi connectivity index (χ1) is 6.79. The molecule has 0 amide bonds. The topological polar surface area (TPSA) is 33.1 Å². The van der Waals surface area contributed by atoms with Gasteiger partial charge in [-0.2, -0.15) is 0 Å². The Balaban J connectivity index is 2.39. The zero-order valence-electron chi connectivity index (χ0n) is 7.27. The Hall–Kier alpha value is -0.900. The van der Waals surface area contributed by atoms with Crippen LogP contribution in [0.1, 0.15) is 4.88 Å². The summed E-state index contributed by atoms with van der Waals surface area (Å²) in [5.41, 5.74) is 0.988. The van der Waals surface area contributed by atoms with Crippen molar-refractivity contribution in [2.45, 2.75) is 6.61 Å². The van der Waals surface area contributed by atoms with Gasteiger partial charge in [-0.3, -0.25) is 0 Å². The molecule has 0 saturated heterocycles. The maximum absolute atomic E-state index is 8.90. The van der Waals surface area contributed by atoms with Gasteiger partial charge in [0, 0.05) is 16.8 Å². The molecule has 0 aliphatic heterocycles. The van der Waals surface area contributed by atoms with Gasteiger partial charge in [0.1, 0.15) is 5.01 Å². The van der Waals surface area contributed by atoms with E-state index in [9.17, 15) is 0 Å². The lowest BCUT2D eigenvalue weighted by molar-refractivity contribution is 0.285. The van der Waals surface area contributed by atoms with Crippen LogP contribution in [0.4, 0.5) is 0 Å². The molecule has 0 radical (unpaired) electrons. The number of nitrogens with zero attached hydrogens (tertiary/aromatic N) is 1. The quantitative estimate of drug-likeness (QED) is 0.853. The predicted molar refractivity (Wildman–Crippen MR) is 58.5 cm³/mol.